The summed E-state index contributed by atoms with van der Waals surface area (Å²) in [6.07, 6.45) is 1.01. The van der Waals surface area contributed by atoms with E-state index in [2.05, 4.69) is 10.3 Å². The molecule has 1 aromatic heterocycles. The summed E-state index contributed by atoms with van der Waals surface area (Å²) >= 11 is 0.825. The molecule has 1 N–H and O–H groups in total. The number of benzene rings is 2. The van der Waals surface area contributed by atoms with E-state index < -0.39 is 19.7 Å². The lowest BCUT2D eigenvalue weighted by Gasteiger charge is -2.15. The van der Waals surface area contributed by atoms with Crippen LogP contribution in [-0.2, 0) is 19.7 Å². The number of rotatable bonds is 6. The van der Waals surface area contributed by atoms with Crippen LogP contribution in [0.5, 0.6) is 0 Å². The van der Waals surface area contributed by atoms with Crippen molar-refractivity contribution in [1.29, 1.82) is 0 Å². The molecule has 0 saturated carbocycles. The van der Waals surface area contributed by atoms with Crippen LogP contribution in [0.15, 0.2) is 68.9 Å². The van der Waals surface area contributed by atoms with E-state index in [-0.39, 0.29) is 25.3 Å². The fraction of sp³-hybridized carbons (Fsp3) is 0.211. The highest BCUT2D eigenvalue weighted by molar-refractivity contribution is 7.93. The first-order valence-corrected chi connectivity index (χ1v) is 12.6. The Hall–Kier alpha value is -2.23. The van der Waals surface area contributed by atoms with Crippen LogP contribution in [0.25, 0.3) is 0 Å². The zero-order chi connectivity index (χ0) is 20.5. The number of sulfone groups is 2. The smallest absolute Gasteiger partial charge is 0.226 e. The zero-order valence-electron chi connectivity index (χ0n) is 15.6. The normalized spacial score (nSPS) is 13.2. The summed E-state index contributed by atoms with van der Waals surface area (Å²) in [6, 6.07) is 15.6. The van der Waals surface area contributed by atoms with E-state index in [0.29, 0.717) is 0 Å². The van der Waals surface area contributed by atoms with Gasteiger partial charge in [-0.05, 0) is 31.5 Å². The summed E-state index contributed by atoms with van der Waals surface area (Å²) in [6.45, 7) is 3.73. The van der Waals surface area contributed by atoms with Gasteiger partial charge in [-0.15, -0.1) is 0 Å². The number of nitrogens with zero attached hydrogens (tertiary/aromatic N) is 1. The summed E-state index contributed by atoms with van der Waals surface area (Å²) in [4.78, 5) is 4.05. The van der Waals surface area contributed by atoms with Gasteiger partial charge in [0.25, 0.3) is 0 Å². The monoisotopic (exact) mass is 436 g/mol. The van der Waals surface area contributed by atoms with E-state index in [1.807, 2.05) is 44.2 Å². The third-order valence-corrected chi connectivity index (χ3v) is 8.62. The van der Waals surface area contributed by atoms with Gasteiger partial charge in [0.15, 0.2) is 5.03 Å². The Balaban J connectivity index is 2.09. The van der Waals surface area contributed by atoms with Crippen LogP contribution >= 0.6 is 11.3 Å². The maximum absolute atomic E-state index is 13.1. The van der Waals surface area contributed by atoms with Gasteiger partial charge in [-0.25, -0.2) is 21.8 Å². The molecule has 28 heavy (non-hydrogen) atoms. The standard InChI is InChI=1S/C19H20N2O4S3/c1-13-9-11-16(12-10-13)28(24,25)18-17(26-19(21-18)27(3,22)23)20-14(2)15-7-5-4-6-8-15/h4-12,14,20H,1-3H3/t14-/m1/s1. The van der Waals surface area contributed by atoms with Gasteiger partial charge in [0.1, 0.15) is 5.00 Å². The van der Waals surface area contributed by atoms with E-state index in [0.717, 1.165) is 28.7 Å². The Labute approximate surface area is 169 Å². The van der Waals surface area contributed by atoms with Gasteiger partial charge < -0.3 is 5.32 Å². The second-order valence-electron chi connectivity index (χ2n) is 6.48. The predicted octanol–water partition coefficient (Wildman–Crippen LogP) is 3.86. The highest BCUT2D eigenvalue weighted by Gasteiger charge is 2.29. The van der Waals surface area contributed by atoms with E-state index in [1.54, 1.807) is 12.1 Å². The molecule has 0 radical (unpaired) electrons. The summed E-state index contributed by atoms with van der Waals surface area (Å²) in [5.74, 6) is 0. The molecule has 0 unspecified atom stereocenters. The van der Waals surface area contributed by atoms with Crippen molar-refractivity contribution in [3.63, 3.8) is 0 Å². The van der Waals surface area contributed by atoms with Crippen molar-refractivity contribution < 1.29 is 16.8 Å². The van der Waals surface area contributed by atoms with Crippen molar-refractivity contribution in [2.24, 2.45) is 0 Å². The van der Waals surface area contributed by atoms with Crippen LogP contribution in [0.3, 0.4) is 0 Å². The van der Waals surface area contributed by atoms with Crippen LogP contribution < -0.4 is 5.32 Å². The first-order chi connectivity index (χ1) is 13.1. The Morgan fingerprint density at radius 1 is 0.964 bits per heavy atom. The molecule has 0 amide bonds. The van der Waals surface area contributed by atoms with Gasteiger partial charge in [0.2, 0.25) is 24.0 Å². The molecule has 3 rings (SSSR count). The fourth-order valence-corrected chi connectivity index (χ4v) is 6.16. The minimum atomic E-state index is -3.98. The second-order valence-corrected chi connectivity index (χ2v) is 11.5. The molecule has 0 spiro atoms. The Kier molecular flexibility index (Phi) is 5.60. The molecule has 148 valence electrons. The highest BCUT2D eigenvalue weighted by Crippen LogP contribution is 2.36. The Morgan fingerprint density at radius 3 is 2.14 bits per heavy atom. The van der Waals surface area contributed by atoms with Gasteiger partial charge in [-0.2, -0.15) is 0 Å². The number of hydrogen-bond donors (Lipinski definition) is 1. The van der Waals surface area contributed by atoms with Crippen molar-refractivity contribution >= 4 is 36.0 Å². The highest BCUT2D eigenvalue weighted by atomic mass is 32.2. The average molecular weight is 437 g/mol. The average Bonchev–Trinajstić information content (AvgIpc) is 3.08. The summed E-state index contributed by atoms with van der Waals surface area (Å²) in [5, 5.41) is 3.05. The first kappa shape index (κ1) is 20.5. The molecule has 9 heteroatoms. The number of nitrogens with one attached hydrogen (secondary N) is 1. The van der Waals surface area contributed by atoms with E-state index in [1.165, 1.54) is 12.1 Å². The number of hydrogen-bond acceptors (Lipinski definition) is 7. The lowest BCUT2D eigenvalue weighted by atomic mass is 10.1. The van der Waals surface area contributed by atoms with Gasteiger partial charge in [-0.3, -0.25) is 0 Å². The number of aromatic nitrogens is 1. The molecule has 0 aliphatic heterocycles. The molecule has 0 aliphatic rings. The van der Waals surface area contributed by atoms with E-state index in [4.69, 9.17) is 0 Å². The first-order valence-electron chi connectivity index (χ1n) is 8.43. The molecule has 6 nitrogen and oxygen atoms in total. The number of thiazole rings is 1. The molecule has 0 aliphatic carbocycles. The van der Waals surface area contributed by atoms with Crippen LogP contribution in [0.1, 0.15) is 24.1 Å². The Morgan fingerprint density at radius 2 is 1.57 bits per heavy atom. The van der Waals surface area contributed by atoms with Crippen molar-refractivity contribution in [1.82, 2.24) is 4.98 Å². The molecule has 2 aromatic carbocycles. The van der Waals surface area contributed by atoms with E-state index >= 15 is 0 Å². The van der Waals surface area contributed by atoms with Crippen molar-refractivity contribution in [2.75, 3.05) is 11.6 Å². The minimum Gasteiger partial charge on any atom is -0.368 e. The van der Waals surface area contributed by atoms with Crippen molar-refractivity contribution in [3.05, 3.63) is 65.7 Å². The van der Waals surface area contributed by atoms with Crippen molar-refractivity contribution in [2.45, 2.75) is 34.2 Å². The molecule has 1 heterocycles. The summed E-state index contributed by atoms with van der Waals surface area (Å²) in [7, 11) is -7.63. The summed E-state index contributed by atoms with van der Waals surface area (Å²) < 4.78 is 50.0. The quantitative estimate of drug-likeness (QED) is 0.631. The molecule has 1 atom stereocenters. The lowest BCUT2D eigenvalue weighted by Crippen LogP contribution is -2.10. The third kappa shape index (κ3) is 4.26. The maximum Gasteiger partial charge on any atom is 0.226 e. The van der Waals surface area contributed by atoms with Crippen LogP contribution in [0.2, 0.25) is 0 Å². The largest absolute Gasteiger partial charge is 0.368 e. The number of anilines is 1. The topological polar surface area (TPSA) is 93.2 Å². The molecular formula is C19H20N2O4S3. The third-order valence-electron chi connectivity index (χ3n) is 4.13. The van der Waals surface area contributed by atoms with Crippen LogP contribution in [-0.4, -0.2) is 28.1 Å². The second kappa shape index (κ2) is 7.65. The predicted molar refractivity (Wildman–Crippen MR) is 110 cm³/mol. The molecule has 0 fully saturated rings. The van der Waals surface area contributed by atoms with Gasteiger partial charge in [0.05, 0.1) is 4.90 Å². The number of aryl methyl sites for hydroxylation is 1. The molecular weight excluding hydrogens is 416 g/mol. The maximum atomic E-state index is 13.1. The lowest BCUT2D eigenvalue weighted by molar-refractivity contribution is 0.591. The van der Waals surface area contributed by atoms with Crippen LogP contribution in [0.4, 0.5) is 5.00 Å². The van der Waals surface area contributed by atoms with E-state index in [9.17, 15) is 16.8 Å². The SMILES string of the molecule is Cc1ccc(S(=O)(=O)c2nc(S(C)(=O)=O)sc2N[C@H](C)c2ccccc2)cc1. The molecule has 0 bridgehead atoms. The molecule has 3 aromatic rings. The van der Waals surface area contributed by atoms with Gasteiger partial charge in [-0.1, -0.05) is 59.4 Å². The molecule has 0 saturated heterocycles. The summed E-state index contributed by atoms with van der Waals surface area (Å²) in [5.41, 5.74) is 1.86. The van der Waals surface area contributed by atoms with Crippen molar-refractivity contribution in [3.8, 4) is 0 Å². The van der Waals surface area contributed by atoms with Gasteiger partial charge >= 0.3 is 0 Å². The fourth-order valence-electron chi connectivity index (χ4n) is 2.57. The Bertz CT molecular complexity index is 1180. The minimum absolute atomic E-state index is 0.0684. The van der Waals surface area contributed by atoms with Gasteiger partial charge in [0, 0.05) is 12.3 Å². The van der Waals surface area contributed by atoms with Crippen LogP contribution in [0, 0.1) is 6.92 Å². The zero-order valence-corrected chi connectivity index (χ0v) is 18.0.